The number of pyridine rings is 1. The van der Waals surface area contributed by atoms with Crippen LogP contribution in [-0.4, -0.2) is 46.3 Å². The minimum Gasteiger partial charge on any atom is -0.497 e. The van der Waals surface area contributed by atoms with Crippen LogP contribution < -0.4 is 10.1 Å². The highest BCUT2D eigenvalue weighted by Gasteiger charge is 2.35. The highest BCUT2D eigenvalue weighted by molar-refractivity contribution is 5.75. The molecule has 4 rings (SSSR count). The van der Waals surface area contributed by atoms with Crippen molar-refractivity contribution in [1.29, 1.82) is 0 Å². The molecular formula is C19H19N5O3. The number of amides is 2. The number of likely N-dealkylation sites (tertiary alicyclic amines) is 1. The van der Waals surface area contributed by atoms with Gasteiger partial charge in [0.1, 0.15) is 11.4 Å². The first-order valence-electron chi connectivity index (χ1n) is 8.63. The number of benzene rings is 1. The van der Waals surface area contributed by atoms with Crippen LogP contribution in [0.1, 0.15) is 17.4 Å². The first kappa shape index (κ1) is 17.0. The molecule has 0 bridgehead atoms. The van der Waals surface area contributed by atoms with Gasteiger partial charge in [-0.1, -0.05) is 23.4 Å². The van der Waals surface area contributed by atoms with E-state index in [4.69, 9.17) is 9.26 Å². The van der Waals surface area contributed by atoms with E-state index in [0.29, 0.717) is 37.0 Å². The highest BCUT2D eigenvalue weighted by atomic mass is 16.5. The Labute approximate surface area is 156 Å². The van der Waals surface area contributed by atoms with Gasteiger partial charge in [0.25, 0.3) is 0 Å². The number of hydrogen-bond acceptors (Lipinski definition) is 6. The van der Waals surface area contributed by atoms with Crippen LogP contribution in [0, 0.1) is 0 Å². The molecule has 8 nitrogen and oxygen atoms in total. The molecule has 2 amide bonds. The Hall–Kier alpha value is -3.42. The largest absolute Gasteiger partial charge is 0.497 e. The molecule has 1 fully saturated rings. The molecule has 0 radical (unpaired) electrons. The Kier molecular flexibility index (Phi) is 4.69. The van der Waals surface area contributed by atoms with Crippen LogP contribution in [-0.2, 0) is 6.54 Å². The Bertz CT molecular complexity index is 905. The van der Waals surface area contributed by atoms with Crippen LogP contribution in [0.2, 0.25) is 0 Å². The summed E-state index contributed by atoms with van der Waals surface area (Å²) in [5.74, 6) is 1.85. The van der Waals surface area contributed by atoms with E-state index in [1.54, 1.807) is 18.2 Å². The second kappa shape index (κ2) is 7.45. The van der Waals surface area contributed by atoms with E-state index in [0.717, 1.165) is 11.3 Å². The lowest BCUT2D eigenvalue weighted by atomic mass is 10.0. The summed E-state index contributed by atoms with van der Waals surface area (Å²) < 4.78 is 10.5. The average molecular weight is 365 g/mol. The zero-order chi connectivity index (χ0) is 18.6. The van der Waals surface area contributed by atoms with Crippen molar-refractivity contribution < 1.29 is 14.1 Å². The van der Waals surface area contributed by atoms with Gasteiger partial charge in [-0.15, -0.1) is 0 Å². The molecule has 0 unspecified atom stereocenters. The van der Waals surface area contributed by atoms with E-state index in [-0.39, 0.29) is 11.9 Å². The van der Waals surface area contributed by atoms with Crippen molar-refractivity contribution in [3.63, 3.8) is 0 Å². The van der Waals surface area contributed by atoms with E-state index in [1.165, 1.54) is 0 Å². The number of aromatic nitrogens is 3. The first-order chi connectivity index (χ1) is 13.2. The Morgan fingerprint density at radius 2 is 2.07 bits per heavy atom. The topological polar surface area (TPSA) is 93.4 Å². The van der Waals surface area contributed by atoms with Crippen molar-refractivity contribution in [2.75, 3.05) is 20.2 Å². The second-order valence-corrected chi connectivity index (χ2v) is 6.28. The summed E-state index contributed by atoms with van der Waals surface area (Å²) in [6.07, 6.45) is 1.68. The van der Waals surface area contributed by atoms with Crippen LogP contribution >= 0.6 is 0 Å². The maximum atomic E-state index is 12.2. The van der Waals surface area contributed by atoms with Gasteiger partial charge in [0.15, 0.2) is 0 Å². The molecular weight excluding hydrogens is 346 g/mol. The van der Waals surface area contributed by atoms with E-state index < -0.39 is 0 Å². The number of carbonyl (C=O) groups is 1. The number of ether oxygens (including phenoxy) is 1. The molecule has 1 aliphatic heterocycles. The minimum atomic E-state index is -0.105. The average Bonchev–Trinajstić information content (AvgIpc) is 3.16. The summed E-state index contributed by atoms with van der Waals surface area (Å²) in [7, 11) is 1.62. The third-order valence-electron chi connectivity index (χ3n) is 4.46. The quantitative estimate of drug-likeness (QED) is 0.746. The summed E-state index contributed by atoms with van der Waals surface area (Å²) in [5.41, 5.74) is 1.68. The summed E-state index contributed by atoms with van der Waals surface area (Å²) in [6.45, 7) is 1.57. The molecule has 3 aromatic rings. The fourth-order valence-corrected chi connectivity index (χ4v) is 2.83. The molecule has 8 heteroatoms. The van der Waals surface area contributed by atoms with E-state index in [1.807, 2.05) is 42.5 Å². The molecule has 1 saturated heterocycles. The summed E-state index contributed by atoms with van der Waals surface area (Å²) in [6, 6.07) is 13.0. The number of carbonyl (C=O) groups excluding carboxylic acids is 1. The zero-order valence-electron chi connectivity index (χ0n) is 14.8. The van der Waals surface area contributed by atoms with Gasteiger partial charge in [-0.3, -0.25) is 4.98 Å². The normalized spacial score (nSPS) is 13.9. The van der Waals surface area contributed by atoms with Crippen LogP contribution in [0.3, 0.4) is 0 Å². The number of methoxy groups -OCH3 is 1. The fourth-order valence-electron chi connectivity index (χ4n) is 2.83. The molecule has 27 heavy (non-hydrogen) atoms. The smallest absolute Gasteiger partial charge is 0.317 e. The summed E-state index contributed by atoms with van der Waals surface area (Å²) in [5, 5.41) is 6.88. The molecule has 2 aromatic heterocycles. The number of urea groups is 1. The van der Waals surface area contributed by atoms with Gasteiger partial charge in [-0.2, -0.15) is 4.98 Å². The molecule has 0 atom stereocenters. The van der Waals surface area contributed by atoms with E-state index in [2.05, 4.69) is 20.4 Å². The van der Waals surface area contributed by atoms with E-state index >= 15 is 0 Å². The predicted molar refractivity (Wildman–Crippen MR) is 97.1 cm³/mol. The molecule has 138 valence electrons. The standard InChI is InChI=1S/C19H19N5O3/c1-26-15-7-5-13(6-8-15)10-21-19(25)24-11-14(12-24)18-22-17(23-27-18)16-4-2-3-9-20-16/h2-9,14H,10-12H2,1H3,(H,21,25). The number of nitrogens with zero attached hydrogens (tertiary/aromatic N) is 4. The molecule has 1 N–H and O–H groups in total. The minimum absolute atomic E-state index is 0.0571. The van der Waals surface area contributed by atoms with Crippen molar-refractivity contribution >= 4 is 6.03 Å². The number of nitrogens with one attached hydrogen (secondary N) is 1. The van der Waals surface area contributed by atoms with Crippen LogP contribution in [0.4, 0.5) is 4.79 Å². The molecule has 1 aliphatic rings. The molecule has 1 aromatic carbocycles. The van der Waals surface area contributed by atoms with Crippen molar-refractivity contribution in [2.45, 2.75) is 12.5 Å². The molecule has 3 heterocycles. The Morgan fingerprint density at radius 1 is 1.26 bits per heavy atom. The molecule has 0 saturated carbocycles. The lowest BCUT2D eigenvalue weighted by molar-refractivity contribution is 0.136. The summed E-state index contributed by atoms with van der Waals surface area (Å²) in [4.78, 5) is 22.6. The second-order valence-electron chi connectivity index (χ2n) is 6.28. The van der Waals surface area contributed by atoms with Gasteiger partial charge < -0.3 is 19.5 Å². The predicted octanol–water partition coefficient (Wildman–Crippen LogP) is 2.45. The first-order valence-corrected chi connectivity index (χ1v) is 8.63. The van der Waals surface area contributed by atoms with E-state index in [9.17, 15) is 4.79 Å². The third kappa shape index (κ3) is 3.74. The van der Waals surface area contributed by atoms with Crippen molar-refractivity contribution in [1.82, 2.24) is 25.3 Å². The highest BCUT2D eigenvalue weighted by Crippen LogP contribution is 2.27. The maximum absolute atomic E-state index is 12.2. The maximum Gasteiger partial charge on any atom is 0.317 e. The van der Waals surface area contributed by atoms with Gasteiger partial charge in [0.2, 0.25) is 11.7 Å². The Morgan fingerprint density at radius 3 is 2.78 bits per heavy atom. The monoisotopic (exact) mass is 365 g/mol. The fraction of sp³-hybridized carbons (Fsp3) is 0.263. The lowest BCUT2D eigenvalue weighted by Gasteiger charge is -2.36. The third-order valence-corrected chi connectivity index (χ3v) is 4.46. The van der Waals surface area contributed by atoms with Crippen molar-refractivity contribution in [3.05, 3.63) is 60.1 Å². The van der Waals surface area contributed by atoms with Gasteiger partial charge in [-0.05, 0) is 29.8 Å². The number of rotatable bonds is 5. The van der Waals surface area contributed by atoms with Gasteiger partial charge in [0, 0.05) is 25.8 Å². The van der Waals surface area contributed by atoms with Crippen molar-refractivity contribution in [3.8, 4) is 17.3 Å². The Balaban J connectivity index is 1.27. The molecule has 0 aliphatic carbocycles. The van der Waals surface area contributed by atoms with Gasteiger partial charge in [0.05, 0.1) is 13.0 Å². The lowest BCUT2D eigenvalue weighted by Crippen LogP contribution is -2.52. The van der Waals surface area contributed by atoms with Crippen LogP contribution in [0.25, 0.3) is 11.5 Å². The zero-order valence-corrected chi connectivity index (χ0v) is 14.8. The van der Waals surface area contributed by atoms with Gasteiger partial charge >= 0.3 is 6.03 Å². The van der Waals surface area contributed by atoms with Crippen molar-refractivity contribution in [2.24, 2.45) is 0 Å². The number of hydrogen-bond donors (Lipinski definition) is 1. The van der Waals surface area contributed by atoms with Crippen LogP contribution in [0.5, 0.6) is 5.75 Å². The van der Waals surface area contributed by atoms with Gasteiger partial charge in [-0.25, -0.2) is 4.79 Å². The molecule has 0 spiro atoms. The summed E-state index contributed by atoms with van der Waals surface area (Å²) >= 11 is 0. The van der Waals surface area contributed by atoms with Crippen LogP contribution in [0.15, 0.2) is 53.2 Å². The SMILES string of the molecule is COc1ccc(CNC(=O)N2CC(c3nc(-c4ccccn4)no3)C2)cc1.